The number of hydrogen-bond acceptors (Lipinski definition) is 4. The van der Waals surface area contributed by atoms with E-state index >= 15 is 0 Å². The van der Waals surface area contributed by atoms with Crippen molar-refractivity contribution < 1.29 is 14.8 Å². The van der Waals surface area contributed by atoms with E-state index in [-0.39, 0.29) is 11.3 Å². The molecule has 3 rings (SSSR count). The van der Waals surface area contributed by atoms with E-state index in [0.717, 1.165) is 0 Å². The molecule has 0 atom stereocenters. The molecular weight excluding hydrogens is 272 g/mol. The zero-order chi connectivity index (χ0) is 15.0. The third-order valence-electron chi connectivity index (χ3n) is 4.33. The van der Waals surface area contributed by atoms with Gasteiger partial charge in [0.25, 0.3) is 5.69 Å². The largest absolute Gasteiger partial charge is 0.477 e. The van der Waals surface area contributed by atoms with Crippen LogP contribution in [0.5, 0.6) is 0 Å². The minimum Gasteiger partial charge on any atom is -0.477 e. The fraction of sp³-hybridized carbons (Fsp3) is 0.533. The Morgan fingerprint density at radius 1 is 1.33 bits per heavy atom. The molecule has 2 saturated carbocycles. The van der Waals surface area contributed by atoms with Gasteiger partial charge in [-0.25, -0.2) is 4.79 Å². The average Bonchev–Trinajstić information content (AvgIpc) is 3.31. The first-order valence-corrected chi connectivity index (χ1v) is 7.31. The molecule has 0 radical (unpaired) electrons. The zero-order valence-electron chi connectivity index (χ0n) is 11.6. The number of carbonyl (C=O) groups is 1. The standard InChI is InChI=1S/C15H18N2O4/c18-15(19)13-11(2-1-3-12(13)17(20)21)8-16-14(9-4-5-9)10-6-7-10/h1-3,9-10,14,16H,4-8H2,(H,18,19). The zero-order valence-corrected chi connectivity index (χ0v) is 11.6. The maximum Gasteiger partial charge on any atom is 0.343 e. The first-order valence-electron chi connectivity index (χ1n) is 7.31. The molecule has 0 unspecified atom stereocenters. The number of nitro groups is 1. The van der Waals surface area contributed by atoms with E-state index in [2.05, 4.69) is 5.32 Å². The molecule has 6 heteroatoms. The summed E-state index contributed by atoms with van der Waals surface area (Å²) in [6.07, 6.45) is 4.92. The van der Waals surface area contributed by atoms with Gasteiger partial charge in [0.2, 0.25) is 0 Å². The van der Waals surface area contributed by atoms with Crippen molar-refractivity contribution in [1.29, 1.82) is 0 Å². The van der Waals surface area contributed by atoms with Gasteiger partial charge >= 0.3 is 5.97 Å². The van der Waals surface area contributed by atoms with E-state index in [4.69, 9.17) is 0 Å². The highest BCUT2D eigenvalue weighted by Crippen LogP contribution is 2.44. The smallest absolute Gasteiger partial charge is 0.343 e. The molecule has 0 aromatic heterocycles. The van der Waals surface area contributed by atoms with E-state index < -0.39 is 10.9 Å². The number of rotatable bonds is 7. The lowest BCUT2D eigenvalue weighted by molar-refractivity contribution is -0.385. The Morgan fingerprint density at radius 3 is 2.43 bits per heavy atom. The van der Waals surface area contributed by atoms with Crippen LogP contribution in [0.1, 0.15) is 41.6 Å². The number of nitro benzene ring substituents is 1. The van der Waals surface area contributed by atoms with Gasteiger partial charge in [-0.15, -0.1) is 0 Å². The van der Waals surface area contributed by atoms with Crippen molar-refractivity contribution in [3.8, 4) is 0 Å². The SMILES string of the molecule is O=C(O)c1c(CNC(C2CC2)C2CC2)cccc1[N+](=O)[O-]. The molecule has 112 valence electrons. The minimum atomic E-state index is -1.24. The van der Waals surface area contributed by atoms with Crippen LogP contribution in [0.4, 0.5) is 5.69 Å². The lowest BCUT2D eigenvalue weighted by Crippen LogP contribution is -2.33. The Labute approximate surface area is 122 Å². The summed E-state index contributed by atoms with van der Waals surface area (Å²) in [5.41, 5.74) is -0.0421. The Kier molecular flexibility index (Phi) is 3.63. The minimum absolute atomic E-state index is 0.194. The second-order valence-electron chi connectivity index (χ2n) is 5.96. The second kappa shape index (κ2) is 5.44. The maximum atomic E-state index is 11.4. The molecular formula is C15H18N2O4. The molecule has 1 aromatic rings. The Balaban J connectivity index is 1.79. The first-order chi connectivity index (χ1) is 10.1. The first kappa shape index (κ1) is 14.0. The van der Waals surface area contributed by atoms with Crippen LogP contribution in [-0.2, 0) is 6.54 Å². The highest BCUT2D eigenvalue weighted by molar-refractivity contribution is 5.94. The molecule has 6 nitrogen and oxygen atoms in total. The van der Waals surface area contributed by atoms with Crippen molar-refractivity contribution >= 4 is 11.7 Å². The summed E-state index contributed by atoms with van der Waals surface area (Å²) in [5.74, 6) is 0.155. The van der Waals surface area contributed by atoms with E-state index in [9.17, 15) is 20.0 Å². The summed E-state index contributed by atoms with van der Waals surface area (Å²) in [4.78, 5) is 21.7. The summed E-state index contributed by atoms with van der Waals surface area (Å²) in [6, 6.07) is 4.88. The number of carboxylic acid groups (broad SMARTS) is 1. The molecule has 2 aliphatic carbocycles. The van der Waals surface area contributed by atoms with Crippen LogP contribution >= 0.6 is 0 Å². The third-order valence-corrected chi connectivity index (χ3v) is 4.33. The number of hydrogen-bond donors (Lipinski definition) is 2. The van der Waals surface area contributed by atoms with Crippen molar-refractivity contribution in [3.05, 3.63) is 39.4 Å². The van der Waals surface area contributed by atoms with Crippen LogP contribution in [-0.4, -0.2) is 22.0 Å². The molecule has 21 heavy (non-hydrogen) atoms. The highest BCUT2D eigenvalue weighted by atomic mass is 16.6. The van der Waals surface area contributed by atoms with E-state index in [0.29, 0.717) is 30.0 Å². The highest BCUT2D eigenvalue weighted by Gasteiger charge is 2.41. The second-order valence-corrected chi connectivity index (χ2v) is 5.96. The van der Waals surface area contributed by atoms with Gasteiger partial charge in [-0.1, -0.05) is 12.1 Å². The van der Waals surface area contributed by atoms with Gasteiger partial charge in [0.05, 0.1) is 4.92 Å². The lowest BCUT2D eigenvalue weighted by atomic mass is 10.0. The molecule has 2 fully saturated rings. The van der Waals surface area contributed by atoms with Crippen molar-refractivity contribution in [2.75, 3.05) is 0 Å². The topological polar surface area (TPSA) is 92.5 Å². The summed E-state index contributed by atoms with van der Waals surface area (Å²) in [6.45, 7) is 0.376. The summed E-state index contributed by atoms with van der Waals surface area (Å²) in [7, 11) is 0. The van der Waals surface area contributed by atoms with E-state index in [1.165, 1.54) is 31.7 Å². The van der Waals surface area contributed by atoms with Gasteiger partial charge < -0.3 is 10.4 Å². The Morgan fingerprint density at radius 2 is 1.95 bits per heavy atom. The van der Waals surface area contributed by atoms with Gasteiger partial charge in [0.1, 0.15) is 5.56 Å². The number of carboxylic acids is 1. The molecule has 0 spiro atoms. The molecule has 2 aliphatic rings. The molecule has 0 heterocycles. The van der Waals surface area contributed by atoms with Crippen molar-refractivity contribution in [2.24, 2.45) is 11.8 Å². The normalized spacial score (nSPS) is 18.0. The van der Waals surface area contributed by atoms with Crippen LogP contribution in [0.3, 0.4) is 0 Å². The van der Waals surface area contributed by atoms with Crippen LogP contribution < -0.4 is 5.32 Å². The summed E-state index contributed by atoms with van der Waals surface area (Å²) in [5, 5.41) is 23.7. The predicted octanol–water partition coefficient (Wildman–Crippen LogP) is 2.57. The van der Waals surface area contributed by atoms with Gasteiger partial charge in [-0.05, 0) is 43.1 Å². The van der Waals surface area contributed by atoms with Gasteiger partial charge in [-0.3, -0.25) is 10.1 Å². The van der Waals surface area contributed by atoms with Crippen LogP contribution in [0, 0.1) is 22.0 Å². The Hall–Kier alpha value is -1.95. The lowest BCUT2D eigenvalue weighted by Gasteiger charge is -2.18. The number of nitrogens with one attached hydrogen (secondary N) is 1. The molecule has 0 bridgehead atoms. The van der Waals surface area contributed by atoms with Crippen molar-refractivity contribution in [1.82, 2.24) is 5.32 Å². The van der Waals surface area contributed by atoms with E-state index in [1.807, 2.05) is 0 Å². The van der Waals surface area contributed by atoms with Crippen LogP contribution in [0.25, 0.3) is 0 Å². The van der Waals surface area contributed by atoms with Crippen molar-refractivity contribution in [3.63, 3.8) is 0 Å². The molecule has 0 amide bonds. The van der Waals surface area contributed by atoms with Crippen LogP contribution in [0.2, 0.25) is 0 Å². The number of aromatic carboxylic acids is 1. The van der Waals surface area contributed by atoms with Gasteiger partial charge in [0.15, 0.2) is 0 Å². The third kappa shape index (κ3) is 3.05. The van der Waals surface area contributed by atoms with Crippen LogP contribution in [0.15, 0.2) is 18.2 Å². The fourth-order valence-electron chi connectivity index (χ4n) is 2.99. The fourth-order valence-corrected chi connectivity index (χ4v) is 2.99. The quantitative estimate of drug-likeness (QED) is 0.594. The Bertz CT molecular complexity index is 567. The monoisotopic (exact) mass is 290 g/mol. The van der Waals surface area contributed by atoms with Gasteiger partial charge in [0, 0.05) is 18.7 Å². The van der Waals surface area contributed by atoms with Gasteiger partial charge in [-0.2, -0.15) is 0 Å². The molecule has 2 N–H and O–H groups in total. The molecule has 0 aliphatic heterocycles. The molecule has 0 saturated heterocycles. The maximum absolute atomic E-state index is 11.4. The molecule has 1 aromatic carbocycles. The van der Waals surface area contributed by atoms with E-state index in [1.54, 1.807) is 12.1 Å². The predicted molar refractivity (Wildman–Crippen MR) is 76.1 cm³/mol. The number of benzene rings is 1. The average molecular weight is 290 g/mol. The van der Waals surface area contributed by atoms with Crippen molar-refractivity contribution in [2.45, 2.75) is 38.3 Å². The number of nitrogens with zero attached hydrogens (tertiary/aromatic N) is 1. The summed E-state index contributed by atoms with van der Waals surface area (Å²) < 4.78 is 0. The summed E-state index contributed by atoms with van der Waals surface area (Å²) >= 11 is 0.